The van der Waals surface area contributed by atoms with Crippen LogP contribution in [0, 0.1) is 145 Å². The molecule has 13 aliphatic carbocycles. The van der Waals surface area contributed by atoms with Gasteiger partial charge in [0.05, 0.1) is 54.4 Å². The van der Waals surface area contributed by atoms with Gasteiger partial charge in [0.1, 0.15) is 29.7 Å². The predicted octanol–water partition coefficient (Wildman–Crippen LogP) is 11.1. The molecule has 30 atom stereocenters. The largest absolute Gasteiger partial charge is 0.469 e. The van der Waals surface area contributed by atoms with Gasteiger partial charge in [-0.3, -0.25) is 14.9 Å². The maximum absolute atomic E-state index is 18.3. The van der Waals surface area contributed by atoms with E-state index >= 15 is 19.5 Å². The van der Waals surface area contributed by atoms with Gasteiger partial charge in [-0.25, -0.2) is 4.79 Å². The molecule has 8 heterocycles. The number of aryl methyl sites for hydroxylation is 1. The second kappa shape index (κ2) is 19.2. The van der Waals surface area contributed by atoms with E-state index < -0.39 is 103 Å². The third-order valence-corrected chi connectivity index (χ3v) is 34.4. The number of allylic oxidation sites excluding steroid dienone is 4. The van der Waals surface area contributed by atoms with Crippen molar-refractivity contribution in [3.05, 3.63) is 107 Å². The fraction of sp³-hybridized carbons (Fsp3) is 0.723. The van der Waals surface area contributed by atoms with E-state index in [2.05, 4.69) is 109 Å². The summed E-state index contributed by atoms with van der Waals surface area (Å²) < 4.78 is 39.1. The van der Waals surface area contributed by atoms with Crippen LogP contribution in [0.4, 0.5) is 0 Å². The third kappa shape index (κ3) is 6.48. The molecule has 96 heavy (non-hydrogen) atoms. The lowest BCUT2D eigenvalue weighted by Crippen LogP contribution is -2.84. The zero-order valence-corrected chi connectivity index (χ0v) is 56.3. The van der Waals surface area contributed by atoms with Gasteiger partial charge in [0.25, 0.3) is 0 Å². The fourth-order valence-electron chi connectivity index (χ4n) is 31.8. The van der Waals surface area contributed by atoms with Gasteiger partial charge in [-0.2, -0.15) is 0 Å². The van der Waals surface area contributed by atoms with Gasteiger partial charge < -0.3 is 43.6 Å². The van der Waals surface area contributed by atoms with Gasteiger partial charge in [0.15, 0.2) is 17.5 Å². The summed E-state index contributed by atoms with van der Waals surface area (Å²) in [4.78, 5) is 53.9. The summed E-state index contributed by atoms with van der Waals surface area (Å²) in [6.45, 7) is 6.33. The minimum Gasteiger partial charge on any atom is -0.469 e. The standard InChI is InChI=1S/C83H98N2O11/c1-45-57-13-8-12-48(57)22-28-76(45)26-9-27-79-64(76)34-55-33-56-38-75(24-6-7-25-75)42-77(56)37-53-36-74(2)81-54(20-17-52-41-92-63(65(52)81)35-59(62(87)40-86)50-18-21-58-51(32-50)23-29-85-44-84-39-61(58)85)19-16-49-15-14-47(30-46-10-4-3-5-11-46)31-60(49)80(83(74)71(94-83)73(91)95-81)67(53)78(68(79)66(88)70(80)89)43-93-72(90)69(77)82(55,78)96-79/h3-5,9-11,22-23,26,28-29,34,41,45,47-51,53-54,56-62,64,67-71,84,86-87,89H,6-8,12-15,17-18,20-21,24-25,27,30-33,35-40,42-44H2,1-2H3/t45-,47+,48+,49+,50-,51-,53+,54-,56+,57-,58+,59+,60+,61-,62-,64-,67-,68+,69+,70-,71-,74+,76-,77-,78-,79+,80+,81+,82+,83-/m1/s1. The number of Topliss-reactive ketones (excluding diaryl/α,β-unsaturated/α-hetero) is 1. The number of hydrogen-bond acceptors (Lipinski definition) is 13. The van der Waals surface area contributed by atoms with Gasteiger partial charge in [0, 0.05) is 52.7 Å². The maximum atomic E-state index is 18.3. The van der Waals surface area contributed by atoms with Crippen LogP contribution in [-0.2, 0) is 58.2 Å². The fourth-order valence-corrected chi connectivity index (χ4v) is 31.8. The summed E-state index contributed by atoms with van der Waals surface area (Å²) in [5, 5.41) is 42.7. The lowest BCUT2D eigenvalue weighted by Gasteiger charge is -2.74. The number of benzene rings is 1. The van der Waals surface area contributed by atoms with E-state index in [9.17, 15) is 10.2 Å². The van der Waals surface area contributed by atoms with Crippen LogP contribution in [-0.4, -0.2) is 106 Å². The molecule has 14 fully saturated rings. The molecule has 7 aliphatic heterocycles. The molecule has 0 unspecified atom stereocenters. The van der Waals surface area contributed by atoms with Gasteiger partial charge >= 0.3 is 11.9 Å². The summed E-state index contributed by atoms with van der Waals surface area (Å²) in [6, 6.07) is 11.3. The van der Waals surface area contributed by atoms with Gasteiger partial charge in [-0.1, -0.05) is 112 Å². The second-order valence-corrected chi connectivity index (χ2v) is 36.9. The van der Waals surface area contributed by atoms with Crippen molar-refractivity contribution >= 4 is 17.7 Å². The molecule has 0 radical (unpaired) electrons. The molecule has 2 aromatic rings. The predicted molar refractivity (Wildman–Crippen MR) is 353 cm³/mol. The highest BCUT2D eigenvalue weighted by molar-refractivity contribution is 5.94. The number of aliphatic hydroxyl groups excluding tert-OH is 3. The number of aliphatic hydroxyl groups is 3. The number of rotatable bonds is 7. The first-order valence-electron chi connectivity index (χ1n) is 38.8. The lowest BCUT2D eigenvalue weighted by molar-refractivity contribution is -0.320. The zero-order chi connectivity index (χ0) is 64.3. The number of ether oxygens (including phenoxy) is 4. The number of epoxide rings is 1. The number of carbonyl (C=O) groups excluding carboxylic acids is 3. The van der Waals surface area contributed by atoms with E-state index in [1.54, 1.807) is 0 Å². The summed E-state index contributed by atoms with van der Waals surface area (Å²) in [5.41, 5.74) is -5.63. The van der Waals surface area contributed by atoms with Crippen molar-refractivity contribution in [2.45, 2.75) is 208 Å². The Labute approximate surface area is 565 Å². The molecule has 0 amide bonds. The Balaban J connectivity index is 0.790. The number of fused-ring (bicyclic) bond motifs is 7. The average molecular weight is 1300 g/mol. The topological polar surface area (TPSA) is 181 Å². The number of cyclic esters (lactones) is 1. The Morgan fingerprint density at radius 2 is 1.76 bits per heavy atom. The van der Waals surface area contributed by atoms with Crippen LogP contribution in [0.2, 0.25) is 0 Å². The first-order valence-corrected chi connectivity index (χ1v) is 38.8. The van der Waals surface area contributed by atoms with Crippen molar-refractivity contribution in [3.8, 4) is 11.8 Å². The first-order chi connectivity index (χ1) is 46.6. The number of nitrogens with zero attached hydrogens (tertiary/aromatic N) is 1. The van der Waals surface area contributed by atoms with Crippen molar-refractivity contribution in [1.82, 2.24) is 10.2 Å². The van der Waals surface area contributed by atoms with E-state index in [1.807, 2.05) is 6.26 Å². The summed E-state index contributed by atoms with van der Waals surface area (Å²) in [6.07, 6.45) is 35.9. The van der Waals surface area contributed by atoms with Gasteiger partial charge in [0.2, 0.25) is 0 Å². The Morgan fingerprint density at radius 1 is 0.885 bits per heavy atom. The summed E-state index contributed by atoms with van der Waals surface area (Å²) in [7, 11) is 0. The number of furan rings is 1. The van der Waals surface area contributed by atoms with Crippen molar-refractivity contribution < 1.29 is 53.1 Å². The highest BCUT2D eigenvalue weighted by atomic mass is 16.7. The molecule has 9 spiro atoms. The van der Waals surface area contributed by atoms with Crippen LogP contribution in [0.15, 0.2) is 89.2 Å². The molecule has 506 valence electrons. The van der Waals surface area contributed by atoms with Crippen LogP contribution in [0.5, 0.6) is 0 Å². The van der Waals surface area contributed by atoms with Crippen molar-refractivity contribution in [3.63, 3.8) is 0 Å². The number of nitrogens with one attached hydrogen (secondary N) is 1. The van der Waals surface area contributed by atoms with Gasteiger partial charge in [-0.05, 0) is 227 Å². The quantitative estimate of drug-likeness (QED) is 0.0891. The molecular formula is C83H98N2O11. The lowest BCUT2D eigenvalue weighted by atomic mass is 9.28. The molecule has 9 bridgehead atoms. The van der Waals surface area contributed by atoms with Gasteiger partial charge in [-0.15, -0.1) is 0 Å². The van der Waals surface area contributed by atoms with E-state index in [1.165, 1.54) is 43.2 Å². The average Bonchev–Trinajstić information content (AvgIpc) is 1.40. The minimum atomic E-state index is -1.59. The zero-order valence-electron chi connectivity index (χ0n) is 56.3. The van der Waals surface area contributed by atoms with Crippen molar-refractivity contribution in [2.24, 2.45) is 133 Å². The maximum Gasteiger partial charge on any atom is 0.339 e. The van der Waals surface area contributed by atoms with Crippen LogP contribution < -0.4 is 5.32 Å². The summed E-state index contributed by atoms with van der Waals surface area (Å²) >= 11 is 0. The Hall–Kier alpha value is -4.81. The molecule has 4 N–H and O–H groups in total. The minimum absolute atomic E-state index is 0.0179. The van der Waals surface area contributed by atoms with E-state index in [0.29, 0.717) is 74.0 Å². The van der Waals surface area contributed by atoms with Crippen LogP contribution in [0.25, 0.3) is 0 Å². The Bertz CT molecular complexity index is 3930. The van der Waals surface area contributed by atoms with E-state index in [0.717, 1.165) is 101 Å². The number of esters is 2. The molecule has 9 saturated carbocycles. The molecule has 1 aromatic carbocycles. The van der Waals surface area contributed by atoms with Crippen LogP contribution in [0.3, 0.4) is 0 Å². The SMILES string of the molecule is C[C@@H]1[C@H]2CCC[C@H]2C=C[C@]12C=CC[C@]13O[C@]45C(=C[C@H]21)C[C@H]1CC2(CCCC2)C[C@]12C[C@@H]1C[C@]6(C)[C@]78O[C@@H]7C(=O)O[C@@]67c6c(coc6C[C@@H]([C@@H]6CC[C@H]9[C@H](C=CN%10CNC[C@H]9%10)C6)[C@H](O)CO)CC[C@H]7C#C[C@@H]6CC[C@@H](Cc7ccccc7)C[C@@H]6[C@]86[C@H](O)C(=O)[C@H]3[C@@]4(COC(=O)[C@@H]25)[C@@H]16. The highest BCUT2D eigenvalue weighted by Crippen LogP contribution is 2.93. The number of hydrogen-bond donors (Lipinski definition) is 4. The molecule has 13 nitrogen and oxygen atoms in total. The second-order valence-electron chi connectivity index (χ2n) is 36.9. The molecule has 5 saturated heterocycles. The highest BCUT2D eigenvalue weighted by Gasteiger charge is 3.01. The van der Waals surface area contributed by atoms with Crippen LogP contribution >= 0.6 is 0 Å². The molecule has 20 aliphatic rings. The summed E-state index contributed by atoms with van der Waals surface area (Å²) in [5.74, 6) is 6.68. The van der Waals surface area contributed by atoms with E-state index in [-0.39, 0.29) is 77.7 Å². The van der Waals surface area contributed by atoms with Crippen molar-refractivity contribution in [1.29, 1.82) is 0 Å². The van der Waals surface area contributed by atoms with Crippen LogP contribution in [0.1, 0.15) is 165 Å². The van der Waals surface area contributed by atoms with E-state index in [4.69, 9.17) is 23.4 Å². The smallest absolute Gasteiger partial charge is 0.339 e. The molecular weight excluding hydrogens is 1200 g/mol. The Morgan fingerprint density at radius 3 is 2.62 bits per heavy atom. The molecule has 22 rings (SSSR count). The Kier molecular flexibility index (Phi) is 11.8. The normalized spacial score (nSPS) is 53.7. The molecule has 1 aromatic heterocycles. The first kappa shape index (κ1) is 58.9. The third-order valence-electron chi connectivity index (χ3n) is 34.4. The molecule has 13 heteroatoms. The van der Waals surface area contributed by atoms with Crippen molar-refractivity contribution in [2.75, 3.05) is 26.4 Å². The number of ketones is 1. The number of carbonyl (C=O) groups is 3. The monoisotopic (exact) mass is 1300 g/mol.